The number of methoxy groups -OCH3 is 1. The number of hydrogen-bond acceptors (Lipinski definition) is 4. The molecule has 0 N–H and O–H groups in total. The number of aromatic nitrogens is 1. The number of carbonyl (C=O) groups excluding carboxylic acids is 1. The van der Waals surface area contributed by atoms with Crippen molar-refractivity contribution in [2.45, 2.75) is 40.5 Å². The molecule has 1 aromatic carbocycles. The van der Waals surface area contributed by atoms with E-state index in [9.17, 15) is 4.79 Å². The van der Waals surface area contributed by atoms with Gasteiger partial charge in [-0.1, -0.05) is 46.2 Å². The molecule has 23 heavy (non-hydrogen) atoms. The fourth-order valence-electron chi connectivity index (χ4n) is 1.88. The summed E-state index contributed by atoms with van der Waals surface area (Å²) in [5.41, 5.74) is 1.00. The minimum absolute atomic E-state index is 0.269. The quantitative estimate of drug-likeness (QED) is 0.739. The van der Waals surface area contributed by atoms with Crippen LogP contribution in [0.2, 0.25) is 0 Å². The monoisotopic (exact) mass is 317 g/mol. The Morgan fingerprint density at radius 2 is 1.87 bits per heavy atom. The van der Waals surface area contributed by atoms with Gasteiger partial charge in [0.25, 0.3) is 0 Å². The number of ether oxygens (including phenoxy) is 2. The molecule has 126 valence electrons. The molecule has 0 aliphatic rings. The van der Waals surface area contributed by atoms with Gasteiger partial charge in [0.1, 0.15) is 5.75 Å². The highest BCUT2D eigenvalue weighted by atomic mass is 16.5. The first-order chi connectivity index (χ1) is 11.0. The van der Waals surface area contributed by atoms with Crippen LogP contribution >= 0.6 is 0 Å². The number of esters is 1. The van der Waals surface area contributed by atoms with E-state index in [4.69, 9.17) is 9.47 Å². The van der Waals surface area contributed by atoms with Crippen molar-refractivity contribution in [1.29, 1.82) is 0 Å². The summed E-state index contributed by atoms with van der Waals surface area (Å²) in [6.07, 6.45) is 2.21. The molecular formula is C19H27NO3. The minimum atomic E-state index is -0.454. The highest BCUT2D eigenvalue weighted by Gasteiger charge is 2.13. The van der Waals surface area contributed by atoms with Crippen molar-refractivity contribution >= 4 is 16.9 Å². The molecule has 0 amide bonds. The van der Waals surface area contributed by atoms with Crippen LogP contribution in [-0.2, 0) is 4.74 Å². The summed E-state index contributed by atoms with van der Waals surface area (Å²) < 4.78 is 10.5. The number of pyridine rings is 1. The smallest absolute Gasteiger partial charge is 0.356 e. The number of benzene rings is 1. The molecular weight excluding hydrogens is 290 g/mol. The Bertz CT molecular complexity index is 623. The first kappa shape index (κ1) is 18.9. The van der Waals surface area contributed by atoms with Crippen molar-refractivity contribution in [2.24, 2.45) is 5.92 Å². The first-order valence-electron chi connectivity index (χ1n) is 8.14. The molecule has 0 spiro atoms. The standard InChI is InChI=1S/C16H19NO3.C3H8/c1-11(2)8-9-20-15-10-14(16(18)19-3)17-13-7-5-4-6-12(13)15;1-3-2/h4-7,10-11H,8-9H2,1-3H3;3H2,1-2H3. The second kappa shape index (κ2) is 9.82. The van der Waals surface area contributed by atoms with Crippen molar-refractivity contribution in [2.75, 3.05) is 13.7 Å². The summed E-state index contributed by atoms with van der Waals surface area (Å²) in [7, 11) is 1.35. The van der Waals surface area contributed by atoms with Gasteiger partial charge in [0.15, 0.2) is 5.69 Å². The molecule has 0 aliphatic carbocycles. The van der Waals surface area contributed by atoms with Crippen molar-refractivity contribution in [1.82, 2.24) is 4.98 Å². The van der Waals surface area contributed by atoms with Gasteiger partial charge in [0.05, 0.1) is 19.2 Å². The third-order valence-electron chi connectivity index (χ3n) is 3.03. The number of rotatable bonds is 5. The molecule has 1 aromatic heterocycles. The van der Waals surface area contributed by atoms with Gasteiger partial charge in [-0.05, 0) is 24.5 Å². The molecule has 1 heterocycles. The third kappa shape index (κ3) is 5.89. The van der Waals surface area contributed by atoms with Gasteiger partial charge in [0.2, 0.25) is 0 Å². The van der Waals surface area contributed by atoms with Crippen LogP contribution in [0, 0.1) is 5.92 Å². The molecule has 0 bridgehead atoms. The van der Waals surface area contributed by atoms with Crippen molar-refractivity contribution in [3.63, 3.8) is 0 Å². The predicted molar refractivity (Wildman–Crippen MR) is 94.0 cm³/mol. The molecule has 4 heteroatoms. The van der Waals surface area contributed by atoms with Gasteiger partial charge < -0.3 is 9.47 Å². The summed E-state index contributed by atoms with van der Waals surface area (Å²) >= 11 is 0. The summed E-state index contributed by atoms with van der Waals surface area (Å²) in [5.74, 6) is 0.796. The average Bonchev–Trinajstić information content (AvgIpc) is 2.54. The summed E-state index contributed by atoms with van der Waals surface area (Å²) in [6.45, 7) is 9.16. The molecule has 0 fully saturated rings. The molecule has 0 saturated heterocycles. The average molecular weight is 317 g/mol. The largest absolute Gasteiger partial charge is 0.493 e. The zero-order valence-electron chi connectivity index (χ0n) is 14.8. The van der Waals surface area contributed by atoms with Crippen LogP contribution in [0.15, 0.2) is 30.3 Å². The van der Waals surface area contributed by atoms with Crippen molar-refractivity contribution in [3.8, 4) is 5.75 Å². The van der Waals surface area contributed by atoms with E-state index >= 15 is 0 Å². The van der Waals surface area contributed by atoms with Crippen LogP contribution in [0.4, 0.5) is 0 Å². The Balaban J connectivity index is 0.000000816. The van der Waals surface area contributed by atoms with Gasteiger partial charge >= 0.3 is 5.97 Å². The fourth-order valence-corrected chi connectivity index (χ4v) is 1.88. The van der Waals surface area contributed by atoms with Gasteiger partial charge in [-0.15, -0.1) is 0 Å². The topological polar surface area (TPSA) is 48.4 Å². The van der Waals surface area contributed by atoms with Crippen molar-refractivity contribution < 1.29 is 14.3 Å². The van der Waals surface area contributed by atoms with E-state index in [-0.39, 0.29) is 5.69 Å². The third-order valence-corrected chi connectivity index (χ3v) is 3.03. The van der Waals surface area contributed by atoms with Gasteiger partial charge in [-0.3, -0.25) is 0 Å². The predicted octanol–water partition coefficient (Wildman–Crippen LogP) is 4.86. The molecule has 4 nitrogen and oxygen atoms in total. The maximum absolute atomic E-state index is 11.7. The Morgan fingerprint density at radius 3 is 2.48 bits per heavy atom. The van der Waals surface area contributed by atoms with E-state index in [1.54, 1.807) is 6.07 Å². The van der Waals surface area contributed by atoms with Crippen LogP contribution in [0.1, 0.15) is 51.0 Å². The minimum Gasteiger partial charge on any atom is -0.493 e. The SMILES string of the molecule is CCC.COC(=O)c1cc(OCCC(C)C)c2ccccc2n1. The van der Waals surface area contributed by atoms with E-state index < -0.39 is 5.97 Å². The fraction of sp³-hybridized carbons (Fsp3) is 0.474. The van der Waals surface area contributed by atoms with Crippen LogP contribution in [0.5, 0.6) is 5.75 Å². The van der Waals surface area contributed by atoms with Gasteiger partial charge in [-0.25, -0.2) is 9.78 Å². The van der Waals surface area contributed by atoms with Crippen molar-refractivity contribution in [3.05, 3.63) is 36.0 Å². The highest BCUT2D eigenvalue weighted by molar-refractivity contribution is 5.93. The van der Waals surface area contributed by atoms with Crippen LogP contribution in [-0.4, -0.2) is 24.7 Å². The highest BCUT2D eigenvalue weighted by Crippen LogP contribution is 2.26. The summed E-state index contributed by atoms with van der Waals surface area (Å²) in [6, 6.07) is 9.26. The normalized spacial score (nSPS) is 10.2. The molecule has 0 saturated carbocycles. The summed E-state index contributed by atoms with van der Waals surface area (Å²) in [5, 5.41) is 0.906. The van der Waals surface area contributed by atoms with E-state index in [1.165, 1.54) is 13.5 Å². The zero-order valence-corrected chi connectivity index (χ0v) is 14.8. The second-order valence-corrected chi connectivity index (χ2v) is 5.75. The first-order valence-corrected chi connectivity index (χ1v) is 8.14. The van der Waals surface area contributed by atoms with Crippen LogP contribution < -0.4 is 4.74 Å². The number of hydrogen-bond donors (Lipinski definition) is 0. The lowest BCUT2D eigenvalue weighted by molar-refractivity contribution is 0.0594. The molecule has 0 radical (unpaired) electrons. The van der Waals surface area contributed by atoms with Crippen LogP contribution in [0.3, 0.4) is 0 Å². The van der Waals surface area contributed by atoms with E-state index in [1.807, 2.05) is 24.3 Å². The molecule has 0 atom stereocenters. The Kier molecular flexibility index (Phi) is 8.09. The maximum Gasteiger partial charge on any atom is 0.356 e. The van der Waals surface area contributed by atoms with Crippen LogP contribution in [0.25, 0.3) is 10.9 Å². The molecule has 0 unspecified atom stereocenters. The number of fused-ring (bicyclic) bond motifs is 1. The van der Waals surface area contributed by atoms with Gasteiger partial charge in [0, 0.05) is 11.5 Å². The Morgan fingerprint density at radius 1 is 1.22 bits per heavy atom. The van der Waals surface area contributed by atoms with E-state index in [2.05, 4.69) is 32.7 Å². The lowest BCUT2D eigenvalue weighted by Gasteiger charge is -2.11. The number of para-hydroxylation sites is 1. The Hall–Kier alpha value is -2.10. The second-order valence-electron chi connectivity index (χ2n) is 5.75. The maximum atomic E-state index is 11.7. The number of carbonyl (C=O) groups is 1. The van der Waals surface area contributed by atoms with Gasteiger partial charge in [-0.2, -0.15) is 0 Å². The van der Waals surface area contributed by atoms with E-state index in [0.717, 1.165) is 17.3 Å². The molecule has 2 aromatic rings. The molecule has 2 rings (SSSR count). The number of nitrogens with zero attached hydrogens (tertiary/aromatic N) is 1. The summed E-state index contributed by atoms with van der Waals surface area (Å²) in [4.78, 5) is 15.9. The lowest BCUT2D eigenvalue weighted by atomic mass is 10.1. The lowest BCUT2D eigenvalue weighted by Crippen LogP contribution is -2.07. The zero-order chi connectivity index (χ0) is 17.2. The molecule has 0 aliphatic heterocycles. The Labute approximate surface area is 138 Å². The van der Waals surface area contributed by atoms with E-state index in [0.29, 0.717) is 18.3 Å².